The third-order valence-electron chi connectivity index (χ3n) is 8.39. The zero-order chi connectivity index (χ0) is 31.8. The van der Waals surface area contributed by atoms with E-state index in [2.05, 4.69) is 26.4 Å². The molecule has 2 aromatic rings. The summed E-state index contributed by atoms with van der Waals surface area (Å²) in [6.07, 6.45) is -3.90. The van der Waals surface area contributed by atoms with Crippen LogP contribution in [-0.4, -0.2) is 82.6 Å². The van der Waals surface area contributed by atoms with Crippen molar-refractivity contribution >= 4 is 17.5 Å². The van der Waals surface area contributed by atoms with Crippen LogP contribution in [0, 0.1) is 18.3 Å². The predicted molar refractivity (Wildman–Crippen MR) is 151 cm³/mol. The number of likely N-dealkylation sites (N-methyl/N-ethyl adjacent to an activating group) is 1. The van der Waals surface area contributed by atoms with Crippen LogP contribution in [0.3, 0.4) is 0 Å². The van der Waals surface area contributed by atoms with Crippen molar-refractivity contribution in [2.75, 3.05) is 50.5 Å². The number of aromatic nitrogens is 3. The number of piperazine rings is 1. The zero-order valence-corrected chi connectivity index (χ0v) is 24.5. The Morgan fingerprint density at radius 1 is 1.25 bits per heavy atom. The number of nitriles is 1. The van der Waals surface area contributed by atoms with Crippen molar-refractivity contribution in [1.29, 1.82) is 5.26 Å². The zero-order valence-electron chi connectivity index (χ0n) is 24.5. The standard InChI is InChI=1S/C29H34F4N8O3/c1-16-11-23(35)37-25(24(16)29(31,32)33)22-12-21-20(15-43-22)26(38-28(36-21)44-14-19-5-4-8-39(19)3)40-9-10-41(27(42)17(2)30)18(13-40)6-7-34/h11,18-19,22H,2,4-6,8-10,12-15H2,1,3H3,(H2,35,37)/t18-,19+,22?/m0/s1. The molecule has 2 fully saturated rings. The second-order valence-electron chi connectivity index (χ2n) is 11.3. The second-order valence-corrected chi connectivity index (χ2v) is 11.3. The van der Waals surface area contributed by atoms with Crippen LogP contribution >= 0.6 is 0 Å². The first-order valence-corrected chi connectivity index (χ1v) is 14.3. The molecule has 0 saturated carbocycles. The number of alkyl halides is 3. The maximum atomic E-state index is 14.1. The van der Waals surface area contributed by atoms with E-state index in [0.717, 1.165) is 19.4 Å². The fraction of sp³-hybridized carbons (Fsp3) is 0.552. The van der Waals surface area contributed by atoms with E-state index in [-0.39, 0.29) is 68.2 Å². The summed E-state index contributed by atoms with van der Waals surface area (Å²) in [5.74, 6) is -1.63. The van der Waals surface area contributed by atoms with Crippen LogP contribution in [0.5, 0.6) is 6.01 Å². The smallest absolute Gasteiger partial charge is 0.418 e. The molecule has 1 amide bonds. The first kappa shape index (κ1) is 31.4. The van der Waals surface area contributed by atoms with Crippen molar-refractivity contribution in [2.24, 2.45) is 0 Å². The molecule has 0 aromatic carbocycles. The van der Waals surface area contributed by atoms with Gasteiger partial charge in [-0.3, -0.25) is 4.79 Å². The van der Waals surface area contributed by atoms with Gasteiger partial charge in [-0.05, 0) is 45.0 Å². The van der Waals surface area contributed by atoms with Crippen LogP contribution in [0.1, 0.15) is 53.4 Å². The molecule has 0 spiro atoms. The normalized spacial score (nSPS) is 22.4. The molecule has 2 saturated heterocycles. The molecule has 5 rings (SSSR count). The number of carbonyl (C=O) groups is 1. The number of nitrogens with two attached hydrogens (primary N) is 1. The van der Waals surface area contributed by atoms with Crippen molar-refractivity contribution in [3.63, 3.8) is 0 Å². The highest BCUT2D eigenvalue weighted by Crippen LogP contribution is 2.42. The maximum Gasteiger partial charge on any atom is 0.418 e. The number of hydrogen-bond donors (Lipinski definition) is 1. The number of carbonyl (C=O) groups excluding carboxylic acids is 1. The fourth-order valence-corrected chi connectivity index (χ4v) is 6.17. The number of pyridine rings is 1. The van der Waals surface area contributed by atoms with Gasteiger partial charge in [-0.25, -0.2) is 9.37 Å². The number of rotatable bonds is 7. The number of amides is 1. The Bertz CT molecular complexity index is 1480. The molecule has 2 aromatic heterocycles. The predicted octanol–water partition coefficient (Wildman–Crippen LogP) is 3.48. The summed E-state index contributed by atoms with van der Waals surface area (Å²) < 4.78 is 68.1. The Balaban J connectivity index is 1.50. The summed E-state index contributed by atoms with van der Waals surface area (Å²) in [5.41, 5.74) is 5.55. The maximum absolute atomic E-state index is 14.1. The highest BCUT2D eigenvalue weighted by Gasteiger charge is 2.41. The first-order chi connectivity index (χ1) is 20.9. The van der Waals surface area contributed by atoms with E-state index >= 15 is 0 Å². The number of hydrogen-bond acceptors (Lipinski definition) is 10. The van der Waals surface area contributed by atoms with Crippen molar-refractivity contribution in [3.8, 4) is 12.1 Å². The largest absolute Gasteiger partial charge is 0.462 e. The molecule has 3 aliphatic heterocycles. The molecular weight excluding hydrogens is 584 g/mol. The minimum absolute atomic E-state index is 0.0503. The van der Waals surface area contributed by atoms with Crippen LogP contribution in [0.2, 0.25) is 0 Å². The Labute approximate surface area is 252 Å². The molecule has 236 valence electrons. The lowest BCUT2D eigenvalue weighted by molar-refractivity contribution is -0.140. The van der Waals surface area contributed by atoms with Gasteiger partial charge in [-0.2, -0.15) is 28.4 Å². The summed E-state index contributed by atoms with van der Waals surface area (Å²) >= 11 is 0. The van der Waals surface area contributed by atoms with Crippen LogP contribution in [0.4, 0.5) is 29.2 Å². The minimum atomic E-state index is -4.68. The molecule has 2 N–H and O–H groups in total. The molecule has 3 atom stereocenters. The molecule has 5 heterocycles. The number of ether oxygens (including phenoxy) is 2. The van der Waals surface area contributed by atoms with Gasteiger partial charge in [-0.1, -0.05) is 6.58 Å². The Hall–Kier alpha value is -4.03. The van der Waals surface area contributed by atoms with Crippen molar-refractivity contribution < 1.29 is 31.8 Å². The van der Waals surface area contributed by atoms with Crippen LogP contribution in [-0.2, 0) is 28.7 Å². The minimum Gasteiger partial charge on any atom is -0.462 e. The van der Waals surface area contributed by atoms with Gasteiger partial charge >= 0.3 is 12.2 Å². The average Bonchev–Trinajstić information content (AvgIpc) is 3.38. The van der Waals surface area contributed by atoms with E-state index in [1.54, 1.807) is 0 Å². The van der Waals surface area contributed by atoms with E-state index in [4.69, 9.17) is 15.2 Å². The summed E-state index contributed by atoms with van der Waals surface area (Å²) in [6.45, 7) is 6.05. The molecule has 44 heavy (non-hydrogen) atoms. The summed E-state index contributed by atoms with van der Waals surface area (Å²) in [7, 11) is 2.00. The highest BCUT2D eigenvalue weighted by molar-refractivity contribution is 5.91. The highest BCUT2D eigenvalue weighted by atomic mass is 19.4. The van der Waals surface area contributed by atoms with Crippen LogP contribution < -0.4 is 15.4 Å². The van der Waals surface area contributed by atoms with Gasteiger partial charge in [0, 0.05) is 37.7 Å². The van der Waals surface area contributed by atoms with E-state index in [0.29, 0.717) is 23.7 Å². The van der Waals surface area contributed by atoms with Gasteiger partial charge in [-0.15, -0.1) is 0 Å². The fourth-order valence-electron chi connectivity index (χ4n) is 6.17. The number of halogens is 4. The molecule has 0 aliphatic carbocycles. The van der Waals surface area contributed by atoms with Gasteiger partial charge in [0.25, 0.3) is 5.91 Å². The van der Waals surface area contributed by atoms with E-state index in [1.807, 2.05) is 18.0 Å². The Kier molecular flexibility index (Phi) is 8.94. The number of nitrogen functional groups attached to an aromatic ring is 1. The van der Waals surface area contributed by atoms with Crippen molar-refractivity contribution in [1.82, 2.24) is 24.8 Å². The number of fused-ring (bicyclic) bond motifs is 1. The quantitative estimate of drug-likeness (QED) is 0.363. The summed E-state index contributed by atoms with van der Waals surface area (Å²) in [5, 5.41) is 9.41. The van der Waals surface area contributed by atoms with Crippen molar-refractivity contribution in [2.45, 2.75) is 63.6 Å². The van der Waals surface area contributed by atoms with E-state index in [1.165, 1.54) is 17.9 Å². The first-order valence-electron chi connectivity index (χ1n) is 14.3. The molecular formula is C29H34F4N8O3. The Morgan fingerprint density at radius 2 is 2.02 bits per heavy atom. The lowest BCUT2D eigenvalue weighted by Crippen LogP contribution is -2.55. The average molecular weight is 619 g/mol. The van der Waals surface area contributed by atoms with Crippen LogP contribution in [0.15, 0.2) is 18.5 Å². The number of likely N-dealkylation sites (tertiary alicyclic amines) is 1. The molecule has 15 heteroatoms. The van der Waals surface area contributed by atoms with E-state index < -0.39 is 35.6 Å². The molecule has 3 aliphatic rings. The lowest BCUT2D eigenvalue weighted by Gasteiger charge is -2.42. The number of nitrogens with zero attached hydrogens (tertiary/aromatic N) is 7. The molecule has 0 radical (unpaired) electrons. The van der Waals surface area contributed by atoms with Gasteiger partial charge in [0.15, 0.2) is 5.83 Å². The lowest BCUT2D eigenvalue weighted by atomic mass is 9.96. The summed E-state index contributed by atoms with van der Waals surface area (Å²) in [6, 6.07) is 2.78. The van der Waals surface area contributed by atoms with Gasteiger partial charge in [0.05, 0.1) is 42.1 Å². The number of anilines is 2. The van der Waals surface area contributed by atoms with E-state index in [9.17, 15) is 27.6 Å². The monoisotopic (exact) mass is 618 g/mol. The Morgan fingerprint density at radius 3 is 2.68 bits per heavy atom. The third-order valence-corrected chi connectivity index (χ3v) is 8.39. The summed E-state index contributed by atoms with van der Waals surface area (Å²) in [4.78, 5) is 31.1. The van der Waals surface area contributed by atoms with Crippen LogP contribution in [0.25, 0.3) is 0 Å². The SMILES string of the molecule is C=C(F)C(=O)N1CCN(c2nc(OC[C@H]3CCCN3C)nc3c2COC(c2nc(N)cc(C)c2C(F)(F)F)C3)C[C@@H]1CC#N. The topological polar surface area (TPSA) is 134 Å². The molecule has 1 unspecified atom stereocenters. The van der Waals surface area contributed by atoms with Crippen molar-refractivity contribution in [3.05, 3.63) is 46.6 Å². The van der Waals surface area contributed by atoms with Gasteiger partial charge in [0.2, 0.25) is 0 Å². The molecule has 11 nitrogen and oxygen atoms in total. The molecule has 0 bridgehead atoms. The van der Waals surface area contributed by atoms with Gasteiger partial charge < -0.3 is 29.9 Å². The van der Waals surface area contributed by atoms with Gasteiger partial charge in [0.1, 0.15) is 24.3 Å². The third kappa shape index (κ3) is 6.41. The second kappa shape index (κ2) is 12.5. The number of aryl methyl sites for hydroxylation is 1.